The van der Waals surface area contributed by atoms with Crippen molar-refractivity contribution in [1.82, 2.24) is 4.90 Å². The van der Waals surface area contributed by atoms with Crippen LogP contribution < -0.4 is 4.90 Å². The summed E-state index contributed by atoms with van der Waals surface area (Å²) in [5.74, 6) is -0.538. The molecule has 0 aliphatic carbocycles. The number of anilines is 1. The van der Waals surface area contributed by atoms with Gasteiger partial charge in [-0.3, -0.25) is 14.5 Å². The number of thioether (sulfide) groups is 1. The van der Waals surface area contributed by atoms with Crippen LogP contribution in [0.15, 0.2) is 41.3 Å². The van der Waals surface area contributed by atoms with Gasteiger partial charge >= 0.3 is 0 Å². The predicted octanol–water partition coefficient (Wildman–Crippen LogP) is 6.83. The zero-order valence-electron chi connectivity index (χ0n) is 18.6. The summed E-state index contributed by atoms with van der Waals surface area (Å²) in [6.45, 7) is 9.52. The molecule has 0 N–H and O–H groups in total. The summed E-state index contributed by atoms with van der Waals surface area (Å²) >= 11 is 6.76. The molecule has 7 heteroatoms. The van der Waals surface area contributed by atoms with Crippen LogP contribution >= 0.6 is 23.4 Å². The Labute approximate surface area is 197 Å². The Morgan fingerprint density at radius 3 is 2.56 bits per heavy atom. The third-order valence-corrected chi connectivity index (χ3v) is 7.39. The molecular weight excluding hydrogens is 447 g/mol. The first-order valence-corrected chi connectivity index (χ1v) is 11.9. The van der Waals surface area contributed by atoms with Crippen molar-refractivity contribution in [2.75, 3.05) is 11.4 Å². The van der Waals surface area contributed by atoms with Gasteiger partial charge in [0, 0.05) is 28.4 Å². The Kier molecular flexibility index (Phi) is 6.12. The maximum atomic E-state index is 15.1. The highest BCUT2D eigenvalue weighted by Gasteiger charge is 2.37. The van der Waals surface area contributed by atoms with Crippen LogP contribution in [0.4, 0.5) is 14.9 Å². The zero-order valence-corrected chi connectivity index (χ0v) is 20.2. The average Bonchev–Trinajstić information content (AvgIpc) is 2.98. The van der Waals surface area contributed by atoms with Crippen molar-refractivity contribution >= 4 is 46.3 Å². The number of amides is 2. The number of fused-ring (bicyclic) bond motifs is 1. The summed E-state index contributed by atoms with van der Waals surface area (Å²) in [6.07, 6.45) is 2.46. The van der Waals surface area contributed by atoms with Crippen molar-refractivity contribution in [2.24, 2.45) is 0 Å². The van der Waals surface area contributed by atoms with E-state index < -0.39 is 11.7 Å². The van der Waals surface area contributed by atoms with Crippen LogP contribution in [0.1, 0.15) is 56.7 Å². The van der Waals surface area contributed by atoms with E-state index in [1.54, 1.807) is 30.3 Å². The quantitative estimate of drug-likeness (QED) is 0.457. The number of carbonyl (C=O) groups is 2. The van der Waals surface area contributed by atoms with Gasteiger partial charge < -0.3 is 4.90 Å². The zero-order chi connectivity index (χ0) is 23.2. The van der Waals surface area contributed by atoms with E-state index in [1.165, 1.54) is 11.0 Å². The lowest BCUT2D eigenvalue weighted by Crippen LogP contribution is -2.48. The van der Waals surface area contributed by atoms with Crippen LogP contribution in [-0.4, -0.2) is 28.1 Å². The summed E-state index contributed by atoms with van der Waals surface area (Å²) < 4.78 is 15.1. The van der Waals surface area contributed by atoms with Gasteiger partial charge in [0.25, 0.3) is 11.1 Å². The summed E-state index contributed by atoms with van der Waals surface area (Å²) in [5, 5.41) is 0.228. The number of benzene rings is 2. The number of hydrogen-bond donors (Lipinski definition) is 0. The van der Waals surface area contributed by atoms with Gasteiger partial charge in [-0.15, -0.1) is 0 Å². The normalized spacial score (nSPS) is 21.4. The molecule has 1 saturated heterocycles. The fourth-order valence-electron chi connectivity index (χ4n) is 4.78. The Bertz CT molecular complexity index is 1110. The lowest BCUT2D eigenvalue weighted by atomic mass is 9.79. The summed E-state index contributed by atoms with van der Waals surface area (Å²) in [7, 11) is 0. The van der Waals surface area contributed by atoms with Gasteiger partial charge in [0.1, 0.15) is 5.82 Å². The van der Waals surface area contributed by atoms with E-state index in [-0.39, 0.29) is 28.1 Å². The smallest absolute Gasteiger partial charge is 0.293 e. The average molecular weight is 473 g/mol. The molecule has 2 aromatic rings. The number of carbonyl (C=O) groups excluding carboxylic acids is 2. The van der Waals surface area contributed by atoms with Crippen molar-refractivity contribution in [3.63, 3.8) is 0 Å². The standard InChI is InChI=1S/C25H26ClFN2O2S/c1-5-29-21-12-20(27)17(10-19(21)15(2)13-25(29,3)4)11-22-23(30)28(24(31)32-22)14-16-6-8-18(26)9-7-16/h6-12,15H,5,13-14H2,1-4H3/b22-11+. The first-order chi connectivity index (χ1) is 15.1. The summed E-state index contributed by atoms with van der Waals surface area (Å²) in [5.41, 5.74) is 3.05. The largest absolute Gasteiger partial charge is 0.366 e. The lowest BCUT2D eigenvalue weighted by Gasteiger charge is -2.47. The van der Waals surface area contributed by atoms with Gasteiger partial charge in [0.05, 0.1) is 11.4 Å². The van der Waals surface area contributed by atoms with Gasteiger partial charge in [-0.25, -0.2) is 4.39 Å². The monoisotopic (exact) mass is 472 g/mol. The molecule has 0 spiro atoms. The minimum absolute atomic E-state index is 0.0561. The van der Waals surface area contributed by atoms with E-state index in [1.807, 2.05) is 6.07 Å². The van der Waals surface area contributed by atoms with Crippen molar-refractivity contribution in [3.8, 4) is 0 Å². The summed E-state index contributed by atoms with van der Waals surface area (Å²) in [6, 6.07) is 10.4. The Balaban J connectivity index is 1.64. The highest BCUT2D eigenvalue weighted by atomic mass is 35.5. The molecule has 2 aliphatic rings. The van der Waals surface area contributed by atoms with E-state index in [0.29, 0.717) is 10.6 Å². The number of rotatable bonds is 4. The maximum Gasteiger partial charge on any atom is 0.293 e. The van der Waals surface area contributed by atoms with Crippen molar-refractivity contribution in [3.05, 3.63) is 68.8 Å². The van der Waals surface area contributed by atoms with E-state index in [9.17, 15) is 9.59 Å². The van der Waals surface area contributed by atoms with Crippen LogP contribution in [0.25, 0.3) is 6.08 Å². The van der Waals surface area contributed by atoms with E-state index in [4.69, 9.17) is 11.6 Å². The van der Waals surface area contributed by atoms with Crippen LogP contribution in [0, 0.1) is 5.82 Å². The Hall–Kier alpha value is -2.31. The molecule has 0 radical (unpaired) electrons. The number of hydrogen-bond acceptors (Lipinski definition) is 4. The second-order valence-corrected chi connectivity index (χ2v) is 10.4. The first-order valence-electron chi connectivity index (χ1n) is 10.7. The molecule has 0 bridgehead atoms. The SMILES string of the molecule is CCN1c2cc(F)c(/C=C3/SC(=O)N(Cc4ccc(Cl)cc4)C3=O)cc2C(C)CC1(C)C. The minimum Gasteiger partial charge on any atom is -0.366 e. The van der Waals surface area contributed by atoms with Crippen LogP contribution in [0.3, 0.4) is 0 Å². The highest BCUT2D eigenvalue weighted by Crippen LogP contribution is 2.44. The molecule has 4 nitrogen and oxygen atoms in total. The second kappa shape index (κ2) is 8.56. The molecule has 0 saturated carbocycles. The first kappa shape index (κ1) is 22.9. The van der Waals surface area contributed by atoms with Gasteiger partial charge in [-0.05, 0) is 86.3 Å². The molecule has 2 heterocycles. The number of imide groups is 1. The van der Waals surface area contributed by atoms with Crippen molar-refractivity contribution < 1.29 is 14.0 Å². The van der Waals surface area contributed by atoms with Gasteiger partial charge in [-0.1, -0.05) is 30.7 Å². The molecule has 0 aromatic heterocycles. The molecule has 1 atom stereocenters. The topological polar surface area (TPSA) is 40.6 Å². The van der Waals surface area contributed by atoms with Gasteiger partial charge in [0.2, 0.25) is 0 Å². The predicted molar refractivity (Wildman–Crippen MR) is 129 cm³/mol. The molecule has 32 heavy (non-hydrogen) atoms. The molecule has 1 unspecified atom stereocenters. The van der Waals surface area contributed by atoms with Crippen LogP contribution in [0.5, 0.6) is 0 Å². The highest BCUT2D eigenvalue weighted by molar-refractivity contribution is 8.18. The second-order valence-electron chi connectivity index (χ2n) is 8.99. The molecule has 2 aromatic carbocycles. The Morgan fingerprint density at radius 2 is 1.91 bits per heavy atom. The van der Waals surface area contributed by atoms with E-state index >= 15 is 4.39 Å². The van der Waals surface area contributed by atoms with Crippen LogP contribution in [-0.2, 0) is 11.3 Å². The lowest BCUT2D eigenvalue weighted by molar-refractivity contribution is -0.123. The van der Waals surface area contributed by atoms with Crippen molar-refractivity contribution in [2.45, 2.75) is 52.1 Å². The maximum absolute atomic E-state index is 15.1. The molecule has 2 amide bonds. The third kappa shape index (κ3) is 4.18. The van der Waals surface area contributed by atoms with E-state index in [2.05, 4.69) is 32.6 Å². The third-order valence-electron chi connectivity index (χ3n) is 6.23. The number of nitrogens with zero attached hydrogens (tertiary/aromatic N) is 2. The fraction of sp³-hybridized carbons (Fsp3) is 0.360. The van der Waals surface area contributed by atoms with Crippen molar-refractivity contribution in [1.29, 1.82) is 0 Å². The fourth-order valence-corrected chi connectivity index (χ4v) is 5.74. The molecule has 2 aliphatic heterocycles. The minimum atomic E-state index is -0.406. The van der Waals surface area contributed by atoms with Crippen LogP contribution in [0.2, 0.25) is 5.02 Å². The van der Waals surface area contributed by atoms with E-state index in [0.717, 1.165) is 41.5 Å². The summed E-state index contributed by atoms with van der Waals surface area (Å²) in [4.78, 5) is 29.0. The Morgan fingerprint density at radius 1 is 1.22 bits per heavy atom. The molecule has 1 fully saturated rings. The molecule has 168 valence electrons. The molecular formula is C25H26ClFN2O2S. The van der Waals surface area contributed by atoms with Gasteiger partial charge in [-0.2, -0.15) is 0 Å². The number of halogens is 2. The molecule has 4 rings (SSSR count). The van der Waals surface area contributed by atoms with Gasteiger partial charge in [0.15, 0.2) is 0 Å².